The van der Waals surface area contributed by atoms with E-state index in [9.17, 15) is 8.42 Å². The molecule has 7 nitrogen and oxygen atoms in total. The Hall–Kier alpha value is -0.250. The van der Waals surface area contributed by atoms with Gasteiger partial charge in [-0.05, 0) is 12.8 Å². The Balaban J connectivity index is 3.03. The van der Waals surface area contributed by atoms with Gasteiger partial charge in [0.25, 0.3) is 10.1 Å². The SMILES string of the molecule is CS(=O)(=O)OCCCCCCCCCCCCNNNN. The molecule has 0 amide bonds. The summed E-state index contributed by atoms with van der Waals surface area (Å²) in [6.45, 7) is 1.24. The molecule has 128 valence electrons. The number of nitrogens with two attached hydrogens (primary N) is 1. The molecule has 0 fully saturated rings. The maximum Gasteiger partial charge on any atom is 0.264 e. The van der Waals surface area contributed by atoms with E-state index < -0.39 is 10.1 Å². The number of hydrogen-bond donors (Lipinski definition) is 4. The Labute approximate surface area is 129 Å². The summed E-state index contributed by atoms with van der Waals surface area (Å²) in [5.41, 5.74) is 7.90. The van der Waals surface area contributed by atoms with Gasteiger partial charge in [0, 0.05) is 6.54 Å². The molecule has 0 rings (SSSR count). The average Bonchev–Trinajstić information content (AvgIpc) is 2.42. The van der Waals surface area contributed by atoms with E-state index in [4.69, 9.17) is 5.84 Å². The minimum absolute atomic E-state index is 0.321. The number of hydrazine groups is 3. The first-order valence-corrected chi connectivity index (χ1v) is 9.66. The van der Waals surface area contributed by atoms with Crippen LogP contribution in [0.1, 0.15) is 64.2 Å². The number of nitrogens with one attached hydrogen (secondary N) is 3. The maximum atomic E-state index is 10.7. The van der Waals surface area contributed by atoms with Gasteiger partial charge in [0.05, 0.1) is 12.9 Å². The minimum Gasteiger partial charge on any atom is -0.270 e. The van der Waals surface area contributed by atoms with Crippen molar-refractivity contribution in [1.82, 2.24) is 16.5 Å². The van der Waals surface area contributed by atoms with Gasteiger partial charge in [-0.15, -0.1) is 0 Å². The topological polar surface area (TPSA) is 105 Å². The van der Waals surface area contributed by atoms with E-state index in [-0.39, 0.29) is 0 Å². The molecule has 0 aliphatic heterocycles. The van der Waals surface area contributed by atoms with Crippen molar-refractivity contribution >= 4 is 10.1 Å². The lowest BCUT2D eigenvalue weighted by Gasteiger charge is -2.05. The van der Waals surface area contributed by atoms with Crippen LogP contribution < -0.4 is 22.3 Å². The molecule has 5 N–H and O–H groups in total. The number of rotatable bonds is 16. The van der Waals surface area contributed by atoms with Crippen molar-refractivity contribution in [3.8, 4) is 0 Å². The molecule has 0 unspecified atom stereocenters. The highest BCUT2D eigenvalue weighted by atomic mass is 32.2. The summed E-state index contributed by atoms with van der Waals surface area (Å²) in [5.74, 6) is 5.04. The Morgan fingerprint density at radius 1 is 0.857 bits per heavy atom. The zero-order valence-electron chi connectivity index (χ0n) is 13.2. The molecule has 0 aromatic heterocycles. The molecule has 0 aliphatic rings. The normalized spacial score (nSPS) is 11.9. The molecule has 0 bridgehead atoms. The lowest BCUT2D eigenvalue weighted by molar-refractivity contribution is 0.309. The fraction of sp³-hybridized carbons (Fsp3) is 1.00. The third kappa shape index (κ3) is 19.8. The summed E-state index contributed by atoms with van der Waals surface area (Å²) in [5, 5.41) is 0. The molecule has 0 aromatic carbocycles. The molecule has 0 aliphatic carbocycles. The van der Waals surface area contributed by atoms with Crippen LogP contribution in [0.15, 0.2) is 0 Å². The van der Waals surface area contributed by atoms with Crippen molar-refractivity contribution in [1.29, 1.82) is 0 Å². The quantitative estimate of drug-likeness (QED) is 0.147. The van der Waals surface area contributed by atoms with Crippen molar-refractivity contribution in [2.24, 2.45) is 5.84 Å². The van der Waals surface area contributed by atoms with E-state index in [2.05, 4.69) is 20.7 Å². The third-order valence-electron chi connectivity index (χ3n) is 3.15. The second-order valence-electron chi connectivity index (χ2n) is 5.26. The zero-order chi connectivity index (χ0) is 15.8. The van der Waals surface area contributed by atoms with Gasteiger partial charge in [-0.3, -0.25) is 10.0 Å². The molecule has 0 radical (unpaired) electrons. The summed E-state index contributed by atoms with van der Waals surface area (Å²) in [6, 6.07) is 0. The van der Waals surface area contributed by atoms with Gasteiger partial charge in [-0.25, -0.2) is 5.43 Å². The summed E-state index contributed by atoms with van der Waals surface area (Å²) in [7, 11) is -3.26. The molecule has 21 heavy (non-hydrogen) atoms. The Morgan fingerprint density at radius 3 is 1.81 bits per heavy atom. The zero-order valence-corrected chi connectivity index (χ0v) is 14.0. The van der Waals surface area contributed by atoms with Gasteiger partial charge >= 0.3 is 0 Å². The fourth-order valence-corrected chi connectivity index (χ4v) is 2.47. The first-order valence-electron chi connectivity index (χ1n) is 7.84. The van der Waals surface area contributed by atoms with Crippen LogP contribution in [-0.2, 0) is 14.3 Å². The lowest BCUT2D eigenvalue weighted by atomic mass is 10.1. The number of hydrogen-bond acceptors (Lipinski definition) is 7. The Morgan fingerprint density at radius 2 is 1.33 bits per heavy atom. The molecule has 0 saturated heterocycles. The van der Waals surface area contributed by atoms with Crippen molar-refractivity contribution in [3.05, 3.63) is 0 Å². The summed E-state index contributed by atoms with van der Waals surface area (Å²) in [4.78, 5) is 0. The maximum absolute atomic E-state index is 10.7. The molecule has 0 aromatic rings. The van der Waals surface area contributed by atoms with Crippen molar-refractivity contribution < 1.29 is 12.6 Å². The summed E-state index contributed by atoms with van der Waals surface area (Å²) < 4.78 is 26.1. The first-order chi connectivity index (χ1) is 10.1. The van der Waals surface area contributed by atoms with Crippen LogP contribution in [0.3, 0.4) is 0 Å². The monoisotopic (exact) mass is 324 g/mol. The Kier molecular flexibility index (Phi) is 14.5. The highest BCUT2D eigenvalue weighted by Crippen LogP contribution is 2.10. The van der Waals surface area contributed by atoms with Gasteiger partial charge in [0.2, 0.25) is 0 Å². The third-order valence-corrected chi connectivity index (χ3v) is 3.75. The Bertz CT molecular complexity index is 313. The van der Waals surface area contributed by atoms with Crippen LogP contribution in [0.4, 0.5) is 0 Å². The first kappa shape index (κ1) is 20.8. The van der Waals surface area contributed by atoms with E-state index >= 15 is 0 Å². The molecule has 0 spiro atoms. The second kappa shape index (κ2) is 14.7. The fourth-order valence-electron chi connectivity index (χ4n) is 2.05. The van der Waals surface area contributed by atoms with Gasteiger partial charge in [-0.1, -0.05) is 51.4 Å². The van der Waals surface area contributed by atoms with Crippen molar-refractivity contribution in [2.45, 2.75) is 64.2 Å². The molecular formula is C13H32N4O3S. The van der Waals surface area contributed by atoms with Crippen LogP contribution in [0.25, 0.3) is 0 Å². The highest BCUT2D eigenvalue weighted by Gasteiger charge is 2.00. The van der Waals surface area contributed by atoms with Crippen LogP contribution >= 0.6 is 0 Å². The van der Waals surface area contributed by atoms with Gasteiger partial charge in [-0.2, -0.15) is 19.5 Å². The summed E-state index contributed by atoms with van der Waals surface area (Å²) >= 11 is 0. The smallest absolute Gasteiger partial charge is 0.264 e. The molecule has 0 saturated carbocycles. The van der Waals surface area contributed by atoms with E-state index in [1.807, 2.05) is 0 Å². The van der Waals surface area contributed by atoms with Crippen molar-refractivity contribution in [3.63, 3.8) is 0 Å². The van der Waals surface area contributed by atoms with Gasteiger partial charge in [0.1, 0.15) is 0 Å². The van der Waals surface area contributed by atoms with Crippen LogP contribution in [-0.4, -0.2) is 27.8 Å². The van der Waals surface area contributed by atoms with E-state index in [1.165, 1.54) is 38.5 Å². The summed E-state index contributed by atoms with van der Waals surface area (Å²) in [6.07, 6.45) is 12.9. The predicted molar refractivity (Wildman–Crippen MR) is 85.4 cm³/mol. The molecule has 0 atom stereocenters. The standard InChI is InChI=1S/C13H32N4O3S/c1-21(18,19)20-13-11-9-7-5-3-2-4-6-8-10-12-15-17-16-14/h15-17H,2-14H2,1H3. The number of unbranched alkanes of at least 4 members (excludes halogenated alkanes) is 9. The van der Waals surface area contributed by atoms with Crippen LogP contribution in [0.5, 0.6) is 0 Å². The minimum atomic E-state index is -3.26. The second-order valence-corrected chi connectivity index (χ2v) is 6.90. The highest BCUT2D eigenvalue weighted by molar-refractivity contribution is 7.85. The molecular weight excluding hydrogens is 292 g/mol. The lowest BCUT2D eigenvalue weighted by Crippen LogP contribution is -2.47. The van der Waals surface area contributed by atoms with Crippen LogP contribution in [0, 0.1) is 0 Å². The van der Waals surface area contributed by atoms with E-state index in [0.717, 1.165) is 38.5 Å². The molecule has 0 heterocycles. The van der Waals surface area contributed by atoms with Crippen molar-refractivity contribution in [2.75, 3.05) is 19.4 Å². The largest absolute Gasteiger partial charge is 0.270 e. The van der Waals surface area contributed by atoms with Gasteiger partial charge < -0.3 is 0 Å². The van der Waals surface area contributed by atoms with E-state index in [1.54, 1.807) is 0 Å². The van der Waals surface area contributed by atoms with Crippen LogP contribution in [0.2, 0.25) is 0 Å². The molecule has 8 heteroatoms. The average molecular weight is 324 g/mol. The predicted octanol–water partition coefficient (Wildman–Crippen LogP) is 1.34. The van der Waals surface area contributed by atoms with E-state index in [0.29, 0.717) is 6.61 Å². The van der Waals surface area contributed by atoms with Gasteiger partial charge in [0.15, 0.2) is 0 Å².